The molecule has 1 aromatic carbocycles. The van der Waals surface area contributed by atoms with Crippen molar-refractivity contribution >= 4 is 17.8 Å². The third-order valence-corrected chi connectivity index (χ3v) is 3.87. The van der Waals surface area contributed by atoms with E-state index >= 15 is 0 Å². The SMILES string of the molecule is CN(CC(=O)NCc1ccncc1)C(=O)[C@H](Cc1ccccc1)C(=O)O. The van der Waals surface area contributed by atoms with Crippen LogP contribution in [0.2, 0.25) is 0 Å². The summed E-state index contributed by atoms with van der Waals surface area (Å²) in [6.45, 7) is 0.109. The smallest absolute Gasteiger partial charge is 0.316 e. The molecule has 7 heteroatoms. The van der Waals surface area contributed by atoms with Gasteiger partial charge in [0.05, 0.1) is 6.54 Å². The van der Waals surface area contributed by atoms with E-state index in [4.69, 9.17) is 0 Å². The number of carbonyl (C=O) groups excluding carboxylic acids is 2. The van der Waals surface area contributed by atoms with E-state index in [1.54, 1.807) is 48.8 Å². The molecular formula is C19H21N3O4. The second kappa shape index (κ2) is 9.31. The second-order valence-electron chi connectivity index (χ2n) is 5.91. The van der Waals surface area contributed by atoms with E-state index in [1.807, 2.05) is 6.07 Å². The van der Waals surface area contributed by atoms with Gasteiger partial charge in [0, 0.05) is 26.0 Å². The third-order valence-electron chi connectivity index (χ3n) is 3.87. The van der Waals surface area contributed by atoms with Crippen LogP contribution in [0.15, 0.2) is 54.9 Å². The molecule has 7 nitrogen and oxygen atoms in total. The van der Waals surface area contributed by atoms with E-state index in [0.29, 0.717) is 6.54 Å². The van der Waals surface area contributed by atoms with Crippen LogP contribution in [0.1, 0.15) is 11.1 Å². The van der Waals surface area contributed by atoms with Crippen molar-refractivity contribution in [2.24, 2.45) is 5.92 Å². The van der Waals surface area contributed by atoms with Gasteiger partial charge >= 0.3 is 5.97 Å². The van der Waals surface area contributed by atoms with Crippen LogP contribution in [0.3, 0.4) is 0 Å². The Hall–Kier alpha value is -3.22. The number of carboxylic acids is 1. The van der Waals surface area contributed by atoms with Gasteiger partial charge in [-0.25, -0.2) is 0 Å². The fourth-order valence-corrected chi connectivity index (χ4v) is 2.45. The summed E-state index contributed by atoms with van der Waals surface area (Å²) < 4.78 is 0. The molecule has 26 heavy (non-hydrogen) atoms. The molecular weight excluding hydrogens is 334 g/mol. The summed E-state index contributed by atoms with van der Waals surface area (Å²) in [4.78, 5) is 41.0. The van der Waals surface area contributed by atoms with Gasteiger partial charge in [0.2, 0.25) is 11.8 Å². The zero-order valence-electron chi connectivity index (χ0n) is 14.5. The number of aliphatic carboxylic acids is 1. The highest BCUT2D eigenvalue weighted by Gasteiger charge is 2.30. The largest absolute Gasteiger partial charge is 0.481 e. The highest BCUT2D eigenvalue weighted by molar-refractivity contribution is 5.98. The topological polar surface area (TPSA) is 99.6 Å². The number of carbonyl (C=O) groups is 3. The van der Waals surface area contributed by atoms with Gasteiger partial charge in [0.25, 0.3) is 0 Å². The van der Waals surface area contributed by atoms with E-state index in [9.17, 15) is 19.5 Å². The van der Waals surface area contributed by atoms with Gasteiger partial charge in [0.1, 0.15) is 5.92 Å². The van der Waals surface area contributed by atoms with Gasteiger partial charge in [-0.2, -0.15) is 0 Å². The van der Waals surface area contributed by atoms with Gasteiger partial charge < -0.3 is 15.3 Å². The van der Waals surface area contributed by atoms with Gasteiger partial charge in [-0.05, 0) is 29.7 Å². The number of benzene rings is 1. The molecule has 0 aliphatic carbocycles. The number of pyridine rings is 1. The molecule has 1 atom stereocenters. The quantitative estimate of drug-likeness (QED) is 0.691. The molecule has 0 aliphatic heterocycles. The lowest BCUT2D eigenvalue weighted by Gasteiger charge is -2.21. The Morgan fingerprint density at radius 1 is 1.08 bits per heavy atom. The maximum Gasteiger partial charge on any atom is 0.316 e. The van der Waals surface area contributed by atoms with Crippen LogP contribution < -0.4 is 5.32 Å². The van der Waals surface area contributed by atoms with Crippen LogP contribution in [0.5, 0.6) is 0 Å². The number of nitrogens with zero attached hydrogens (tertiary/aromatic N) is 2. The average molecular weight is 355 g/mol. The molecule has 0 saturated heterocycles. The van der Waals surface area contributed by atoms with E-state index in [1.165, 1.54) is 7.05 Å². The molecule has 1 heterocycles. The summed E-state index contributed by atoms with van der Waals surface area (Å²) in [5.74, 6) is -3.39. The maximum absolute atomic E-state index is 12.5. The summed E-state index contributed by atoms with van der Waals surface area (Å²) in [5.41, 5.74) is 1.64. The van der Waals surface area contributed by atoms with Crippen molar-refractivity contribution in [3.63, 3.8) is 0 Å². The average Bonchev–Trinajstić information content (AvgIpc) is 2.65. The molecule has 0 bridgehead atoms. The van der Waals surface area contributed by atoms with Gasteiger partial charge in [-0.3, -0.25) is 19.4 Å². The number of hydrogen-bond donors (Lipinski definition) is 2. The van der Waals surface area contributed by atoms with Crippen LogP contribution >= 0.6 is 0 Å². The van der Waals surface area contributed by atoms with Crippen molar-refractivity contribution in [1.29, 1.82) is 0 Å². The van der Waals surface area contributed by atoms with Crippen molar-refractivity contribution in [2.45, 2.75) is 13.0 Å². The highest BCUT2D eigenvalue weighted by atomic mass is 16.4. The Morgan fingerprint density at radius 3 is 2.35 bits per heavy atom. The van der Waals surface area contributed by atoms with Crippen LogP contribution in [-0.2, 0) is 27.3 Å². The fraction of sp³-hybridized carbons (Fsp3) is 0.263. The Kier molecular flexibility index (Phi) is 6.84. The van der Waals surface area contributed by atoms with E-state index in [2.05, 4.69) is 10.3 Å². The van der Waals surface area contributed by atoms with Gasteiger partial charge in [-0.1, -0.05) is 30.3 Å². The minimum absolute atomic E-state index is 0.0813. The number of likely N-dealkylation sites (N-methyl/N-ethyl adjacent to an activating group) is 1. The molecule has 0 unspecified atom stereocenters. The Balaban J connectivity index is 1.91. The first kappa shape index (κ1) is 19.1. The molecule has 2 aromatic rings. The zero-order chi connectivity index (χ0) is 18.9. The van der Waals surface area contributed by atoms with Crippen LogP contribution in [0, 0.1) is 5.92 Å². The van der Waals surface area contributed by atoms with Crippen LogP contribution in [-0.4, -0.2) is 46.4 Å². The lowest BCUT2D eigenvalue weighted by atomic mass is 9.98. The summed E-state index contributed by atoms with van der Waals surface area (Å²) in [5, 5.41) is 12.1. The molecule has 2 amide bonds. The van der Waals surface area contributed by atoms with E-state index in [-0.39, 0.29) is 18.9 Å². The van der Waals surface area contributed by atoms with Crippen molar-refractivity contribution in [2.75, 3.05) is 13.6 Å². The zero-order valence-corrected chi connectivity index (χ0v) is 14.5. The van der Waals surface area contributed by atoms with Gasteiger partial charge in [-0.15, -0.1) is 0 Å². The number of nitrogens with one attached hydrogen (secondary N) is 1. The fourth-order valence-electron chi connectivity index (χ4n) is 2.45. The minimum Gasteiger partial charge on any atom is -0.481 e. The Morgan fingerprint density at radius 2 is 1.73 bits per heavy atom. The normalized spacial score (nSPS) is 11.4. The van der Waals surface area contributed by atoms with Gasteiger partial charge in [0.15, 0.2) is 0 Å². The second-order valence-corrected chi connectivity index (χ2v) is 5.91. The first-order valence-corrected chi connectivity index (χ1v) is 8.14. The number of amides is 2. The minimum atomic E-state index is -1.23. The first-order valence-electron chi connectivity index (χ1n) is 8.14. The summed E-state index contributed by atoms with van der Waals surface area (Å²) in [6.07, 6.45) is 3.33. The molecule has 2 rings (SSSR count). The Labute approximate surface area is 151 Å². The standard InChI is InChI=1S/C19H21N3O4/c1-22(13-17(23)21-12-15-7-9-20-10-8-15)18(24)16(19(25)26)11-14-5-3-2-4-6-14/h2-10,16H,11-13H2,1H3,(H,21,23)(H,25,26)/t16-/m0/s1. The molecule has 0 fully saturated rings. The van der Waals surface area contributed by atoms with E-state index < -0.39 is 17.8 Å². The van der Waals surface area contributed by atoms with Crippen molar-refractivity contribution < 1.29 is 19.5 Å². The van der Waals surface area contributed by atoms with Crippen molar-refractivity contribution in [3.8, 4) is 0 Å². The number of rotatable bonds is 8. The molecule has 0 spiro atoms. The molecule has 136 valence electrons. The lowest BCUT2D eigenvalue weighted by Crippen LogP contribution is -2.43. The maximum atomic E-state index is 12.5. The predicted octanol–water partition coefficient (Wildman–Crippen LogP) is 1.10. The summed E-state index contributed by atoms with van der Waals surface area (Å²) in [6, 6.07) is 12.5. The Bertz CT molecular complexity index is 750. The van der Waals surface area contributed by atoms with Crippen LogP contribution in [0.25, 0.3) is 0 Å². The summed E-state index contributed by atoms with van der Waals surface area (Å²) in [7, 11) is 1.43. The van der Waals surface area contributed by atoms with Crippen LogP contribution in [0.4, 0.5) is 0 Å². The molecule has 0 radical (unpaired) electrons. The molecule has 0 aliphatic rings. The number of carboxylic acid groups (broad SMARTS) is 1. The number of aromatic nitrogens is 1. The molecule has 2 N–H and O–H groups in total. The number of hydrogen-bond acceptors (Lipinski definition) is 4. The monoisotopic (exact) mass is 355 g/mol. The van der Waals surface area contributed by atoms with E-state index in [0.717, 1.165) is 16.0 Å². The van der Waals surface area contributed by atoms with Crippen molar-refractivity contribution in [1.82, 2.24) is 15.2 Å². The lowest BCUT2D eigenvalue weighted by molar-refractivity contribution is -0.151. The first-order chi connectivity index (χ1) is 12.5. The van der Waals surface area contributed by atoms with Crippen molar-refractivity contribution in [3.05, 3.63) is 66.0 Å². The predicted molar refractivity (Wildman–Crippen MR) is 95.0 cm³/mol. The molecule has 1 aromatic heterocycles. The summed E-state index contributed by atoms with van der Waals surface area (Å²) >= 11 is 0. The molecule has 0 saturated carbocycles. The third kappa shape index (κ3) is 5.70. The highest BCUT2D eigenvalue weighted by Crippen LogP contribution is 2.12.